The first-order valence-electron chi connectivity index (χ1n) is 5.82. The highest BCUT2D eigenvalue weighted by molar-refractivity contribution is 5.94. The van der Waals surface area contributed by atoms with Crippen molar-refractivity contribution in [3.8, 4) is 5.69 Å². The average molecular weight is 238 g/mol. The molecule has 2 heterocycles. The standard InChI is InChI=1S/C14H14N4/c1-9-10(2)18(8-17-9)13-6-7-16-14-11(13)4-3-5-12(14)15/h3-8H,15H2,1-2H3. The zero-order chi connectivity index (χ0) is 12.7. The lowest BCUT2D eigenvalue weighted by Gasteiger charge is -2.10. The third kappa shape index (κ3) is 1.46. The van der Waals surface area contributed by atoms with Crippen molar-refractivity contribution < 1.29 is 0 Å². The van der Waals surface area contributed by atoms with Gasteiger partial charge in [-0.1, -0.05) is 12.1 Å². The van der Waals surface area contributed by atoms with E-state index in [0.29, 0.717) is 5.69 Å². The van der Waals surface area contributed by atoms with Crippen LogP contribution in [0.5, 0.6) is 0 Å². The molecule has 0 unspecified atom stereocenters. The summed E-state index contributed by atoms with van der Waals surface area (Å²) in [7, 11) is 0. The number of fused-ring (bicyclic) bond motifs is 1. The van der Waals surface area contributed by atoms with Crippen molar-refractivity contribution >= 4 is 16.6 Å². The molecule has 0 atom stereocenters. The van der Waals surface area contributed by atoms with Crippen molar-refractivity contribution in [2.45, 2.75) is 13.8 Å². The summed E-state index contributed by atoms with van der Waals surface area (Å²) < 4.78 is 2.07. The number of nitrogens with zero attached hydrogens (tertiary/aromatic N) is 3. The second-order valence-corrected chi connectivity index (χ2v) is 4.36. The first kappa shape index (κ1) is 10.8. The van der Waals surface area contributed by atoms with E-state index in [1.165, 1.54) is 0 Å². The van der Waals surface area contributed by atoms with Crippen LogP contribution in [-0.2, 0) is 0 Å². The summed E-state index contributed by atoms with van der Waals surface area (Å²) in [6, 6.07) is 7.83. The van der Waals surface area contributed by atoms with Gasteiger partial charge in [-0.2, -0.15) is 0 Å². The Bertz CT molecular complexity index is 728. The van der Waals surface area contributed by atoms with Crippen LogP contribution in [0.3, 0.4) is 0 Å². The molecule has 2 aromatic heterocycles. The molecule has 0 aliphatic carbocycles. The van der Waals surface area contributed by atoms with E-state index in [1.807, 2.05) is 37.5 Å². The minimum atomic E-state index is 0.698. The van der Waals surface area contributed by atoms with Crippen LogP contribution < -0.4 is 5.73 Å². The number of pyridine rings is 1. The Morgan fingerprint density at radius 3 is 2.67 bits per heavy atom. The summed E-state index contributed by atoms with van der Waals surface area (Å²) in [6.45, 7) is 4.06. The molecule has 18 heavy (non-hydrogen) atoms. The number of nitrogen functional groups attached to an aromatic ring is 1. The Morgan fingerprint density at radius 2 is 1.94 bits per heavy atom. The summed E-state index contributed by atoms with van der Waals surface area (Å²) in [6.07, 6.45) is 3.62. The first-order valence-corrected chi connectivity index (χ1v) is 5.82. The number of hydrogen-bond donors (Lipinski definition) is 1. The molecule has 0 saturated heterocycles. The van der Waals surface area contributed by atoms with Gasteiger partial charge in [0.05, 0.1) is 28.9 Å². The molecule has 0 spiro atoms. The molecule has 1 aromatic carbocycles. The van der Waals surface area contributed by atoms with E-state index in [-0.39, 0.29) is 0 Å². The first-order chi connectivity index (χ1) is 8.68. The number of nitrogens with two attached hydrogens (primary N) is 1. The number of anilines is 1. The van der Waals surface area contributed by atoms with E-state index in [9.17, 15) is 0 Å². The van der Waals surface area contributed by atoms with E-state index >= 15 is 0 Å². The fourth-order valence-corrected chi connectivity index (χ4v) is 2.14. The predicted molar refractivity (Wildman–Crippen MR) is 72.8 cm³/mol. The van der Waals surface area contributed by atoms with Crippen LogP contribution >= 0.6 is 0 Å². The van der Waals surface area contributed by atoms with Gasteiger partial charge in [0.1, 0.15) is 0 Å². The summed E-state index contributed by atoms with van der Waals surface area (Å²) in [5.41, 5.74) is 10.7. The average Bonchev–Trinajstić information content (AvgIpc) is 2.70. The van der Waals surface area contributed by atoms with Crippen LogP contribution in [0.4, 0.5) is 5.69 Å². The van der Waals surface area contributed by atoms with Crippen LogP contribution in [0.1, 0.15) is 11.4 Å². The van der Waals surface area contributed by atoms with Gasteiger partial charge in [-0.15, -0.1) is 0 Å². The Hall–Kier alpha value is -2.36. The van der Waals surface area contributed by atoms with Crippen molar-refractivity contribution in [1.29, 1.82) is 0 Å². The van der Waals surface area contributed by atoms with Crippen molar-refractivity contribution in [3.63, 3.8) is 0 Å². The van der Waals surface area contributed by atoms with Gasteiger partial charge >= 0.3 is 0 Å². The second kappa shape index (κ2) is 3.84. The third-order valence-electron chi connectivity index (χ3n) is 3.29. The van der Waals surface area contributed by atoms with Crippen LogP contribution in [0, 0.1) is 13.8 Å². The van der Waals surface area contributed by atoms with Crippen LogP contribution in [0.15, 0.2) is 36.8 Å². The molecular weight excluding hydrogens is 224 g/mol. The fourth-order valence-electron chi connectivity index (χ4n) is 2.14. The molecule has 4 nitrogen and oxygen atoms in total. The van der Waals surface area contributed by atoms with Crippen molar-refractivity contribution in [1.82, 2.24) is 14.5 Å². The van der Waals surface area contributed by atoms with E-state index in [1.54, 1.807) is 6.20 Å². The molecule has 0 fully saturated rings. The number of hydrogen-bond acceptors (Lipinski definition) is 3. The summed E-state index contributed by atoms with van der Waals surface area (Å²) in [4.78, 5) is 8.68. The molecule has 0 radical (unpaired) electrons. The van der Waals surface area contributed by atoms with E-state index < -0.39 is 0 Å². The van der Waals surface area contributed by atoms with Crippen molar-refractivity contribution in [3.05, 3.63) is 48.2 Å². The third-order valence-corrected chi connectivity index (χ3v) is 3.29. The van der Waals surface area contributed by atoms with Gasteiger partial charge in [-0.3, -0.25) is 4.98 Å². The molecule has 0 aliphatic rings. The van der Waals surface area contributed by atoms with E-state index in [4.69, 9.17) is 5.73 Å². The lowest BCUT2D eigenvalue weighted by Crippen LogP contribution is -1.98. The summed E-state index contributed by atoms with van der Waals surface area (Å²) in [5.74, 6) is 0. The monoisotopic (exact) mass is 238 g/mol. The van der Waals surface area contributed by atoms with E-state index in [0.717, 1.165) is 28.0 Å². The smallest absolute Gasteiger partial charge is 0.0997 e. The molecule has 3 aromatic rings. The molecule has 0 saturated carbocycles. The van der Waals surface area contributed by atoms with Crippen LogP contribution in [0.25, 0.3) is 16.6 Å². The van der Waals surface area contributed by atoms with E-state index in [2.05, 4.69) is 21.5 Å². The number of imidazole rings is 1. The van der Waals surface area contributed by atoms with Gasteiger partial charge in [0, 0.05) is 17.3 Å². The maximum absolute atomic E-state index is 5.96. The molecule has 0 amide bonds. The minimum Gasteiger partial charge on any atom is -0.397 e. The zero-order valence-corrected chi connectivity index (χ0v) is 10.4. The molecule has 0 bridgehead atoms. The quantitative estimate of drug-likeness (QED) is 0.663. The lowest BCUT2D eigenvalue weighted by molar-refractivity contribution is 1.01. The Morgan fingerprint density at radius 1 is 1.11 bits per heavy atom. The number of rotatable bonds is 1. The lowest BCUT2D eigenvalue weighted by atomic mass is 10.1. The molecule has 4 heteroatoms. The van der Waals surface area contributed by atoms with Crippen LogP contribution in [0.2, 0.25) is 0 Å². The number of para-hydroxylation sites is 1. The highest BCUT2D eigenvalue weighted by atomic mass is 15.1. The molecule has 2 N–H and O–H groups in total. The maximum atomic E-state index is 5.96. The van der Waals surface area contributed by atoms with Crippen LogP contribution in [-0.4, -0.2) is 14.5 Å². The van der Waals surface area contributed by atoms with Gasteiger partial charge in [-0.05, 0) is 26.0 Å². The second-order valence-electron chi connectivity index (χ2n) is 4.36. The minimum absolute atomic E-state index is 0.698. The Kier molecular flexibility index (Phi) is 2.30. The SMILES string of the molecule is Cc1ncn(-c2ccnc3c(N)cccc23)c1C. The van der Waals surface area contributed by atoms with Gasteiger partial charge in [-0.25, -0.2) is 4.98 Å². The molecule has 3 rings (SSSR count). The Labute approximate surface area is 105 Å². The molecule has 90 valence electrons. The number of aryl methyl sites for hydroxylation is 1. The maximum Gasteiger partial charge on any atom is 0.0997 e. The van der Waals surface area contributed by atoms with Crippen molar-refractivity contribution in [2.75, 3.05) is 5.73 Å². The molecular formula is C14H14N4. The van der Waals surface area contributed by atoms with Gasteiger partial charge in [0.25, 0.3) is 0 Å². The number of aromatic nitrogens is 3. The topological polar surface area (TPSA) is 56.7 Å². The van der Waals surface area contributed by atoms with Gasteiger partial charge in [0.15, 0.2) is 0 Å². The largest absolute Gasteiger partial charge is 0.397 e. The van der Waals surface area contributed by atoms with Gasteiger partial charge < -0.3 is 10.3 Å². The normalized spacial score (nSPS) is 11.0. The fraction of sp³-hybridized carbons (Fsp3) is 0.143. The number of benzene rings is 1. The highest BCUT2D eigenvalue weighted by Gasteiger charge is 2.09. The summed E-state index contributed by atoms with van der Waals surface area (Å²) in [5, 5.41) is 1.04. The highest BCUT2D eigenvalue weighted by Crippen LogP contribution is 2.25. The summed E-state index contributed by atoms with van der Waals surface area (Å²) >= 11 is 0. The zero-order valence-electron chi connectivity index (χ0n) is 10.4. The molecule has 0 aliphatic heterocycles. The van der Waals surface area contributed by atoms with Gasteiger partial charge in [0.2, 0.25) is 0 Å². The predicted octanol–water partition coefficient (Wildman–Crippen LogP) is 2.62. The Balaban J connectivity index is 2.37. The van der Waals surface area contributed by atoms with Crippen molar-refractivity contribution in [2.24, 2.45) is 0 Å².